The van der Waals surface area contributed by atoms with Crippen molar-refractivity contribution in [2.24, 2.45) is 0 Å². The van der Waals surface area contributed by atoms with Crippen molar-refractivity contribution in [1.29, 1.82) is 0 Å². The fourth-order valence-corrected chi connectivity index (χ4v) is 1.22. The number of ether oxygens (including phenoxy) is 1. The van der Waals surface area contributed by atoms with E-state index in [9.17, 15) is 4.79 Å². The molecule has 0 N–H and O–H groups in total. The zero-order chi connectivity index (χ0) is 11.3. The van der Waals surface area contributed by atoms with Crippen molar-refractivity contribution in [3.05, 3.63) is 46.0 Å². The van der Waals surface area contributed by atoms with Gasteiger partial charge in [-0.3, -0.25) is 0 Å². The van der Waals surface area contributed by atoms with Gasteiger partial charge in [-0.1, -0.05) is 21.5 Å². The van der Waals surface area contributed by atoms with Gasteiger partial charge in [-0.25, -0.2) is 4.79 Å². The second kappa shape index (κ2) is 5.71. The van der Waals surface area contributed by atoms with Gasteiger partial charge in [0.15, 0.2) is 0 Å². The zero-order valence-corrected chi connectivity index (χ0v) is 10.4. The van der Waals surface area contributed by atoms with Gasteiger partial charge in [-0.15, -0.1) is 0 Å². The molecule has 0 amide bonds. The molecule has 15 heavy (non-hydrogen) atoms. The molecule has 2 nitrogen and oxygen atoms in total. The van der Waals surface area contributed by atoms with Crippen LogP contribution in [0.5, 0.6) is 0 Å². The van der Waals surface area contributed by atoms with Crippen LogP contribution >= 0.6 is 15.9 Å². The van der Waals surface area contributed by atoms with Crippen molar-refractivity contribution in [2.45, 2.75) is 13.8 Å². The highest BCUT2D eigenvalue weighted by Crippen LogP contribution is 2.11. The van der Waals surface area contributed by atoms with Crippen LogP contribution in [0.2, 0.25) is 0 Å². The quantitative estimate of drug-likeness (QED) is 0.619. The molecule has 0 atom stereocenters. The number of carbonyl (C=O) groups excluding carboxylic acids is 1. The Balaban J connectivity index is 2.54. The average Bonchev–Trinajstić information content (AvgIpc) is 2.18. The summed E-state index contributed by atoms with van der Waals surface area (Å²) in [4.78, 5) is 11.5. The molecule has 0 fully saturated rings. The molecule has 80 valence electrons. The first-order valence-electron chi connectivity index (χ1n) is 4.65. The molecule has 0 saturated carbocycles. The molecule has 0 spiro atoms. The van der Waals surface area contributed by atoms with E-state index in [0.29, 0.717) is 12.2 Å². The Hall–Kier alpha value is -1.09. The van der Waals surface area contributed by atoms with Gasteiger partial charge < -0.3 is 4.74 Å². The normalized spacial score (nSPS) is 9.53. The highest BCUT2D eigenvalue weighted by Gasteiger charge is 2.04. The summed E-state index contributed by atoms with van der Waals surface area (Å²) in [6, 6.07) is 7.10. The maximum absolute atomic E-state index is 11.5. The molecule has 0 aromatic heterocycles. The summed E-state index contributed by atoms with van der Waals surface area (Å²) in [6.07, 6.45) is 1.87. The van der Waals surface area contributed by atoms with Crippen LogP contribution < -0.4 is 0 Å². The summed E-state index contributed by atoms with van der Waals surface area (Å²) >= 11 is 3.30. The van der Waals surface area contributed by atoms with Gasteiger partial charge in [0.05, 0.1) is 5.56 Å². The molecule has 0 radical (unpaired) electrons. The van der Waals surface area contributed by atoms with Crippen LogP contribution in [0.15, 0.2) is 40.4 Å². The lowest BCUT2D eigenvalue weighted by molar-refractivity contribution is 0.0549. The number of rotatable bonds is 3. The minimum Gasteiger partial charge on any atom is -0.458 e. The molecule has 0 aliphatic heterocycles. The van der Waals surface area contributed by atoms with Gasteiger partial charge in [0, 0.05) is 4.47 Å². The van der Waals surface area contributed by atoms with Crippen molar-refractivity contribution < 1.29 is 9.53 Å². The topological polar surface area (TPSA) is 26.3 Å². The SMILES string of the molecule is CC(C)=CCOC(=O)c1ccc(Br)cc1. The van der Waals surface area contributed by atoms with E-state index in [2.05, 4.69) is 15.9 Å². The van der Waals surface area contributed by atoms with Crippen LogP contribution in [0, 0.1) is 0 Å². The van der Waals surface area contributed by atoms with E-state index in [1.807, 2.05) is 32.1 Å². The van der Waals surface area contributed by atoms with Crippen molar-refractivity contribution in [3.63, 3.8) is 0 Å². The minimum absolute atomic E-state index is 0.292. The van der Waals surface area contributed by atoms with E-state index in [0.717, 1.165) is 10.0 Å². The molecule has 0 unspecified atom stereocenters. The van der Waals surface area contributed by atoms with Gasteiger partial charge in [0.2, 0.25) is 0 Å². The third kappa shape index (κ3) is 4.30. The summed E-state index contributed by atoms with van der Waals surface area (Å²) < 4.78 is 6.00. The maximum Gasteiger partial charge on any atom is 0.338 e. The van der Waals surface area contributed by atoms with Crippen LogP contribution in [-0.2, 0) is 4.74 Å². The number of hydrogen-bond donors (Lipinski definition) is 0. The number of allylic oxidation sites excluding steroid dienone is 1. The van der Waals surface area contributed by atoms with Crippen LogP contribution in [-0.4, -0.2) is 12.6 Å². The van der Waals surface area contributed by atoms with E-state index in [1.165, 1.54) is 0 Å². The number of halogens is 1. The molecule has 1 aromatic rings. The number of benzene rings is 1. The molecular weight excluding hydrogens is 256 g/mol. The van der Waals surface area contributed by atoms with Gasteiger partial charge in [-0.05, 0) is 44.2 Å². The van der Waals surface area contributed by atoms with Crippen molar-refractivity contribution in [3.8, 4) is 0 Å². The van der Waals surface area contributed by atoms with Crippen molar-refractivity contribution >= 4 is 21.9 Å². The van der Waals surface area contributed by atoms with E-state index in [-0.39, 0.29) is 5.97 Å². The third-order valence-corrected chi connectivity index (χ3v) is 2.31. The summed E-state index contributed by atoms with van der Waals surface area (Å²) in [5.41, 5.74) is 1.71. The Bertz CT molecular complexity index is 362. The van der Waals surface area contributed by atoms with E-state index < -0.39 is 0 Å². The predicted octanol–water partition coefficient (Wildman–Crippen LogP) is 3.57. The molecular formula is C12H13BrO2. The van der Waals surface area contributed by atoms with Crippen LogP contribution in [0.25, 0.3) is 0 Å². The van der Waals surface area contributed by atoms with Gasteiger partial charge >= 0.3 is 5.97 Å². The summed E-state index contributed by atoms with van der Waals surface area (Å²) in [5.74, 6) is -0.292. The van der Waals surface area contributed by atoms with Crippen molar-refractivity contribution in [2.75, 3.05) is 6.61 Å². The highest BCUT2D eigenvalue weighted by molar-refractivity contribution is 9.10. The van der Waals surface area contributed by atoms with E-state index in [1.54, 1.807) is 12.1 Å². The largest absolute Gasteiger partial charge is 0.458 e. The Morgan fingerprint density at radius 1 is 1.33 bits per heavy atom. The Morgan fingerprint density at radius 3 is 2.47 bits per heavy atom. The van der Waals surface area contributed by atoms with Gasteiger partial charge in [0.1, 0.15) is 6.61 Å². The van der Waals surface area contributed by atoms with Crippen LogP contribution in [0.3, 0.4) is 0 Å². The van der Waals surface area contributed by atoms with Gasteiger partial charge in [0.25, 0.3) is 0 Å². The molecule has 1 aromatic carbocycles. The molecule has 0 bridgehead atoms. The lowest BCUT2D eigenvalue weighted by Gasteiger charge is -2.02. The standard InChI is InChI=1S/C12H13BrO2/c1-9(2)7-8-15-12(14)10-3-5-11(13)6-4-10/h3-7H,8H2,1-2H3. The predicted molar refractivity (Wildman–Crippen MR) is 63.9 cm³/mol. The molecule has 0 saturated heterocycles. The monoisotopic (exact) mass is 268 g/mol. The first kappa shape index (κ1) is 12.0. The Morgan fingerprint density at radius 2 is 1.93 bits per heavy atom. The summed E-state index contributed by atoms with van der Waals surface area (Å²) in [7, 11) is 0. The van der Waals surface area contributed by atoms with Gasteiger partial charge in [-0.2, -0.15) is 0 Å². The number of carbonyl (C=O) groups is 1. The molecule has 0 aliphatic rings. The molecule has 0 aliphatic carbocycles. The van der Waals surface area contributed by atoms with Crippen molar-refractivity contribution in [1.82, 2.24) is 0 Å². The highest BCUT2D eigenvalue weighted by atomic mass is 79.9. The first-order chi connectivity index (χ1) is 7.09. The fourth-order valence-electron chi connectivity index (χ4n) is 0.953. The summed E-state index contributed by atoms with van der Waals surface area (Å²) in [5, 5.41) is 0. The molecule has 3 heteroatoms. The Labute approximate surface area is 98.1 Å². The lowest BCUT2D eigenvalue weighted by Crippen LogP contribution is -2.04. The summed E-state index contributed by atoms with van der Waals surface area (Å²) in [6.45, 7) is 4.26. The maximum atomic E-state index is 11.5. The van der Waals surface area contributed by atoms with E-state index >= 15 is 0 Å². The molecule has 0 heterocycles. The number of hydrogen-bond acceptors (Lipinski definition) is 2. The van der Waals surface area contributed by atoms with Crippen LogP contribution in [0.4, 0.5) is 0 Å². The minimum atomic E-state index is -0.292. The fraction of sp³-hybridized carbons (Fsp3) is 0.250. The average molecular weight is 269 g/mol. The Kier molecular flexibility index (Phi) is 4.56. The molecule has 1 rings (SSSR count). The van der Waals surface area contributed by atoms with E-state index in [4.69, 9.17) is 4.74 Å². The van der Waals surface area contributed by atoms with Crippen LogP contribution in [0.1, 0.15) is 24.2 Å². The first-order valence-corrected chi connectivity index (χ1v) is 5.45. The number of esters is 1. The third-order valence-electron chi connectivity index (χ3n) is 1.79. The smallest absolute Gasteiger partial charge is 0.338 e. The second-order valence-electron chi connectivity index (χ2n) is 3.39. The second-order valence-corrected chi connectivity index (χ2v) is 4.30. The zero-order valence-electron chi connectivity index (χ0n) is 8.79. The lowest BCUT2D eigenvalue weighted by atomic mass is 10.2.